The minimum atomic E-state index is -0.619. The number of carbonyl (C=O) groups is 2. The monoisotopic (exact) mass is 689 g/mol. The SMILES string of the molecule is CCCC(=O)N[C@@H](Cc1ccc(O)cc1)C(=O)NCCCNCCCCCCNCCCCCCCCCCCCNCCCCCCN. The van der Waals surface area contributed by atoms with Gasteiger partial charge in [-0.05, 0) is 115 Å². The van der Waals surface area contributed by atoms with Crippen molar-refractivity contribution in [1.29, 1.82) is 0 Å². The Kier molecular flexibility index (Phi) is 31.3. The van der Waals surface area contributed by atoms with Gasteiger partial charge in [-0.2, -0.15) is 0 Å². The van der Waals surface area contributed by atoms with Gasteiger partial charge in [0.2, 0.25) is 11.8 Å². The number of rotatable bonds is 36. The number of carbonyl (C=O) groups excluding carboxylic acids is 2. The first-order valence-corrected chi connectivity index (χ1v) is 20.2. The number of nitrogens with two attached hydrogens (primary N) is 1. The zero-order valence-corrected chi connectivity index (χ0v) is 31.4. The van der Waals surface area contributed by atoms with E-state index in [0.29, 0.717) is 19.4 Å². The Bertz CT molecular complexity index is 885. The van der Waals surface area contributed by atoms with Crippen LogP contribution >= 0.6 is 0 Å². The average Bonchev–Trinajstić information content (AvgIpc) is 3.09. The molecular weight excluding hydrogens is 612 g/mol. The summed E-state index contributed by atoms with van der Waals surface area (Å²) < 4.78 is 0. The number of aromatic hydroxyl groups is 1. The molecule has 0 heterocycles. The van der Waals surface area contributed by atoms with Crippen molar-refractivity contribution in [3.8, 4) is 5.75 Å². The topological polar surface area (TPSA) is 141 Å². The Labute approximate surface area is 300 Å². The van der Waals surface area contributed by atoms with Crippen LogP contribution in [0.3, 0.4) is 0 Å². The molecule has 1 aromatic rings. The van der Waals surface area contributed by atoms with E-state index >= 15 is 0 Å². The van der Waals surface area contributed by atoms with Crippen molar-refractivity contribution in [3.05, 3.63) is 29.8 Å². The third-order valence-corrected chi connectivity index (χ3v) is 9.06. The largest absolute Gasteiger partial charge is 0.508 e. The minimum Gasteiger partial charge on any atom is -0.508 e. The van der Waals surface area contributed by atoms with Crippen LogP contribution in [0.4, 0.5) is 0 Å². The van der Waals surface area contributed by atoms with Gasteiger partial charge in [0, 0.05) is 19.4 Å². The van der Waals surface area contributed by atoms with E-state index in [9.17, 15) is 14.7 Å². The fourth-order valence-electron chi connectivity index (χ4n) is 6.01. The normalized spacial score (nSPS) is 11.9. The van der Waals surface area contributed by atoms with E-state index in [1.165, 1.54) is 129 Å². The summed E-state index contributed by atoms with van der Waals surface area (Å²) in [5.74, 6) is -0.0950. The quantitative estimate of drug-likeness (QED) is 0.0401. The molecule has 0 spiro atoms. The van der Waals surface area contributed by atoms with Crippen molar-refractivity contribution in [2.24, 2.45) is 5.73 Å². The maximum absolute atomic E-state index is 12.8. The first-order chi connectivity index (χ1) is 24.1. The number of amides is 2. The number of phenols is 1. The van der Waals surface area contributed by atoms with E-state index in [4.69, 9.17) is 5.73 Å². The maximum atomic E-state index is 12.8. The predicted octanol–water partition coefficient (Wildman–Crippen LogP) is 6.48. The second-order valence-electron chi connectivity index (χ2n) is 13.8. The lowest BCUT2D eigenvalue weighted by molar-refractivity contribution is -0.129. The van der Waals surface area contributed by atoms with E-state index in [1.54, 1.807) is 24.3 Å². The number of nitrogens with one attached hydrogen (secondary N) is 5. The lowest BCUT2D eigenvalue weighted by atomic mass is 10.0. The second kappa shape index (κ2) is 34.3. The van der Waals surface area contributed by atoms with E-state index in [-0.39, 0.29) is 17.6 Å². The molecule has 1 rings (SSSR count). The average molecular weight is 689 g/mol. The second-order valence-corrected chi connectivity index (χ2v) is 13.8. The molecule has 0 aliphatic heterocycles. The third-order valence-electron chi connectivity index (χ3n) is 9.06. The van der Waals surface area contributed by atoms with Crippen LogP contribution in [0.2, 0.25) is 0 Å². The summed E-state index contributed by atoms with van der Waals surface area (Å²) in [4.78, 5) is 25.0. The first-order valence-electron chi connectivity index (χ1n) is 20.2. The van der Waals surface area contributed by atoms with Gasteiger partial charge in [0.15, 0.2) is 0 Å². The molecule has 284 valence electrons. The highest BCUT2D eigenvalue weighted by Crippen LogP contribution is 2.12. The van der Waals surface area contributed by atoms with E-state index < -0.39 is 6.04 Å². The highest BCUT2D eigenvalue weighted by molar-refractivity contribution is 5.87. The smallest absolute Gasteiger partial charge is 0.242 e. The highest BCUT2D eigenvalue weighted by atomic mass is 16.3. The molecule has 0 fully saturated rings. The molecule has 0 aliphatic carbocycles. The molecule has 0 aromatic heterocycles. The van der Waals surface area contributed by atoms with E-state index in [0.717, 1.165) is 51.1 Å². The molecule has 0 radical (unpaired) electrons. The van der Waals surface area contributed by atoms with Crippen LogP contribution in [0.15, 0.2) is 24.3 Å². The molecule has 9 nitrogen and oxygen atoms in total. The number of benzene rings is 1. The van der Waals surface area contributed by atoms with Crippen molar-refractivity contribution in [1.82, 2.24) is 26.6 Å². The van der Waals surface area contributed by atoms with Crippen molar-refractivity contribution >= 4 is 11.8 Å². The Morgan fingerprint density at radius 1 is 0.592 bits per heavy atom. The summed E-state index contributed by atoms with van der Waals surface area (Å²) >= 11 is 0. The molecule has 0 unspecified atom stereocenters. The number of unbranched alkanes of at least 4 members (excludes halogenated alkanes) is 15. The van der Waals surface area contributed by atoms with Crippen LogP contribution < -0.4 is 32.3 Å². The van der Waals surface area contributed by atoms with Crippen LogP contribution in [-0.4, -0.2) is 75.3 Å². The number of hydrogen-bond donors (Lipinski definition) is 7. The Balaban J connectivity index is 1.84. The first kappa shape index (κ1) is 44.8. The maximum Gasteiger partial charge on any atom is 0.242 e. The van der Waals surface area contributed by atoms with Crippen molar-refractivity contribution < 1.29 is 14.7 Å². The summed E-state index contributed by atoms with van der Waals surface area (Å²) in [5, 5.41) is 26.1. The molecule has 49 heavy (non-hydrogen) atoms. The van der Waals surface area contributed by atoms with Gasteiger partial charge in [-0.25, -0.2) is 0 Å². The van der Waals surface area contributed by atoms with Crippen LogP contribution in [0, 0.1) is 0 Å². The Morgan fingerprint density at radius 3 is 1.43 bits per heavy atom. The highest BCUT2D eigenvalue weighted by Gasteiger charge is 2.20. The van der Waals surface area contributed by atoms with Crippen LogP contribution in [0.5, 0.6) is 5.75 Å². The third kappa shape index (κ3) is 29.3. The lowest BCUT2D eigenvalue weighted by Crippen LogP contribution is -2.48. The van der Waals surface area contributed by atoms with Crippen LogP contribution in [-0.2, 0) is 16.0 Å². The zero-order valence-electron chi connectivity index (χ0n) is 31.4. The molecule has 0 saturated heterocycles. The number of phenolic OH excluding ortho intramolecular Hbond substituents is 1. The summed E-state index contributed by atoms with van der Waals surface area (Å²) in [6.07, 6.45) is 26.1. The van der Waals surface area contributed by atoms with Gasteiger partial charge in [-0.1, -0.05) is 96.1 Å². The molecule has 0 aliphatic rings. The summed E-state index contributed by atoms with van der Waals surface area (Å²) in [5.41, 5.74) is 6.43. The van der Waals surface area contributed by atoms with Gasteiger partial charge < -0.3 is 37.4 Å². The van der Waals surface area contributed by atoms with E-state index in [1.807, 2.05) is 6.92 Å². The molecule has 2 amide bonds. The molecule has 0 saturated carbocycles. The Hall–Kier alpha value is -2.20. The van der Waals surface area contributed by atoms with Gasteiger partial charge >= 0.3 is 0 Å². The van der Waals surface area contributed by atoms with Crippen molar-refractivity contribution in [2.45, 2.75) is 154 Å². The molecule has 0 bridgehead atoms. The Morgan fingerprint density at radius 2 is 1.00 bits per heavy atom. The fourth-order valence-corrected chi connectivity index (χ4v) is 6.01. The lowest BCUT2D eigenvalue weighted by Gasteiger charge is -2.19. The molecular formula is C40H76N6O3. The summed E-state index contributed by atoms with van der Waals surface area (Å²) in [7, 11) is 0. The fraction of sp³-hybridized carbons (Fsp3) is 0.800. The molecule has 8 N–H and O–H groups in total. The van der Waals surface area contributed by atoms with Gasteiger partial charge in [-0.3, -0.25) is 9.59 Å². The summed E-state index contributed by atoms with van der Waals surface area (Å²) in [6, 6.07) is 6.14. The van der Waals surface area contributed by atoms with Gasteiger partial charge in [0.25, 0.3) is 0 Å². The van der Waals surface area contributed by atoms with Crippen molar-refractivity contribution in [3.63, 3.8) is 0 Å². The molecule has 9 heteroatoms. The van der Waals surface area contributed by atoms with Gasteiger partial charge in [-0.15, -0.1) is 0 Å². The number of hydrogen-bond acceptors (Lipinski definition) is 7. The zero-order chi connectivity index (χ0) is 35.5. The summed E-state index contributed by atoms with van der Waals surface area (Å²) in [6.45, 7) is 9.86. The van der Waals surface area contributed by atoms with E-state index in [2.05, 4.69) is 26.6 Å². The molecule has 1 atom stereocenters. The van der Waals surface area contributed by atoms with Gasteiger partial charge in [0.05, 0.1) is 0 Å². The molecule has 1 aromatic carbocycles. The minimum absolute atomic E-state index is 0.114. The van der Waals surface area contributed by atoms with Crippen molar-refractivity contribution in [2.75, 3.05) is 52.4 Å². The predicted molar refractivity (Wildman–Crippen MR) is 207 cm³/mol. The van der Waals surface area contributed by atoms with Crippen LogP contribution in [0.25, 0.3) is 0 Å². The van der Waals surface area contributed by atoms with Gasteiger partial charge in [0.1, 0.15) is 11.8 Å². The standard InChI is InChI=1S/C40H76N6O3/c1-2-22-39(48)46-38(35-36-23-25-37(47)26-24-36)40(49)45-34-21-33-44-32-20-14-13-19-31-43-29-17-11-8-6-4-3-5-7-10-16-28-42-30-18-12-9-15-27-41/h23-26,38,42-44,47H,2-22,27-35,41H2,1H3,(H,45,49)(H,46,48)/t38-/m0/s1. The van der Waals surface area contributed by atoms with Crippen LogP contribution in [0.1, 0.15) is 147 Å².